The molecule has 1 aliphatic rings. The first-order chi connectivity index (χ1) is 9.06. The Morgan fingerprint density at radius 2 is 2.16 bits per heavy atom. The summed E-state index contributed by atoms with van der Waals surface area (Å²) in [5.74, 6) is 0.811. The lowest BCUT2D eigenvalue weighted by Crippen LogP contribution is -2.24. The molecule has 0 aromatic carbocycles. The van der Waals surface area contributed by atoms with Gasteiger partial charge in [-0.15, -0.1) is 22.7 Å². The van der Waals surface area contributed by atoms with Crippen LogP contribution in [-0.4, -0.2) is 6.54 Å². The minimum absolute atomic E-state index is 0.300. The maximum atomic E-state index is 6.08. The molecule has 102 valence electrons. The fourth-order valence-corrected chi connectivity index (χ4v) is 4.51. The highest BCUT2D eigenvalue weighted by molar-refractivity contribution is 7.16. The van der Waals surface area contributed by atoms with Crippen LogP contribution in [0.5, 0.6) is 0 Å². The number of halogens is 1. The van der Waals surface area contributed by atoms with E-state index in [4.69, 9.17) is 11.6 Å². The van der Waals surface area contributed by atoms with Crippen molar-refractivity contribution >= 4 is 34.3 Å². The second kappa shape index (κ2) is 5.21. The van der Waals surface area contributed by atoms with E-state index in [-0.39, 0.29) is 0 Å². The first-order valence-electron chi connectivity index (χ1n) is 6.58. The molecule has 19 heavy (non-hydrogen) atoms. The van der Waals surface area contributed by atoms with Gasteiger partial charge in [0.1, 0.15) is 0 Å². The van der Waals surface area contributed by atoms with E-state index in [9.17, 15) is 0 Å². The van der Waals surface area contributed by atoms with E-state index in [1.54, 1.807) is 11.3 Å². The van der Waals surface area contributed by atoms with Gasteiger partial charge in [0.15, 0.2) is 0 Å². The summed E-state index contributed by atoms with van der Waals surface area (Å²) in [7, 11) is 0. The molecule has 1 nitrogen and oxygen atoms in total. The lowest BCUT2D eigenvalue weighted by molar-refractivity contribution is 0.501. The van der Waals surface area contributed by atoms with E-state index >= 15 is 0 Å². The zero-order chi connectivity index (χ0) is 13.5. The Morgan fingerprint density at radius 3 is 2.68 bits per heavy atom. The first-order valence-corrected chi connectivity index (χ1v) is 8.66. The molecule has 1 fully saturated rings. The second-order valence-corrected chi connectivity index (χ2v) is 8.61. The monoisotopic (exact) mass is 311 g/mol. The zero-order valence-electron chi connectivity index (χ0n) is 11.2. The molecule has 0 spiro atoms. The van der Waals surface area contributed by atoms with Gasteiger partial charge in [-0.25, -0.2) is 0 Å². The Morgan fingerprint density at radius 1 is 1.37 bits per heavy atom. The van der Waals surface area contributed by atoms with Crippen molar-refractivity contribution in [2.24, 2.45) is 11.3 Å². The molecule has 2 heterocycles. The van der Waals surface area contributed by atoms with Gasteiger partial charge in [0.05, 0.1) is 10.4 Å². The van der Waals surface area contributed by atoms with Crippen LogP contribution in [0.15, 0.2) is 29.6 Å². The minimum Gasteiger partial charge on any atom is -0.305 e. The standard InChI is InChI=1S/C15H18ClNS2/c1-15(2)8-10(15)9-17-14(11-4-3-7-18-11)12-5-6-13(16)19-12/h3-7,10,14,17H,8-9H2,1-2H3. The third-order valence-electron chi connectivity index (χ3n) is 3.99. The predicted molar refractivity (Wildman–Crippen MR) is 85.4 cm³/mol. The first kappa shape index (κ1) is 13.6. The van der Waals surface area contributed by atoms with Crippen LogP contribution in [-0.2, 0) is 0 Å². The van der Waals surface area contributed by atoms with E-state index in [0.29, 0.717) is 11.5 Å². The molecule has 0 bridgehead atoms. The van der Waals surface area contributed by atoms with E-state index < -0.39 is 0 Å². The Balaban J connectivity index is 1.74. The molecule has 1 N–H and O–H groups in total. The number of hydrogen-bond donors (Lipinski definition) is 1. The average Bonchev–Trinajstić information content (AvgIpc) is 2.83. The van der Waals surface area contributed by atoms with Crippen molar-refractivity contribution < 1.29 is 0 Å². The Labute approximate surface area is 127 Å². The highest BCUT2D eigenvalue weighted by Gasteiger charge is 2.45. The Kier molecular flexibility index (Phi) is 3.73. The van der Waals surface area contributed by atoms with Crippen LogP contribution in [0.1, 0.15) is 36.1 Å². The lowest BCUT2D eigenvalue weighted by Gasteiger charge is -2.16. The van der Waals surface area contributed by atoms with Crippen molar-refractivity contribution in [3.05, 3.63) is 43.7 Å². The predicted octanol–water partition coefficient (Wildman–Crippen LogP) is 5.19. The van der Waals surface area contributed by atoms with E-state index in [2.05, 4.69) is 42.7 Å². The molecule has 0 aliphatic heterocycles. The molecule has 2 atom stereocenters. The zero-order valence-corrected chi connectivity index (χ0v) is 13.5. The molecule has 0 radical (unpaired) electrons. The molecule has 3 rings (SSSR count). The van der Waals surface area contributed by atoms with Gasteiger partial charge in [-0.3, -0.25) is 0 Å². The number of hydrogen-bond acceptors (Lipinski definition) is 3. The van der Waals surface area contributed by atoms with Gasteiger partial charge < -0.3 is 5.32 Å². The minimum atomic E-state index is 0.300. The smallest absolute Gasteiger partial charge is 0.0931 e. The van der Waals surface area contributed by atoms with Gasteiger partial charge >= 0.3 is 0 Å². The number of nitrogens with one attached hydrogen (secondary N) is 1. The molecule has 0 amide bonds. The van der Waals surface area contributed by atoms with Gasteiger partial charge in [-0.2, -0.15) is 0 Å². The van der Waals surface area contributed by atoms with E-state index in [0.717, 1.165) is 16.8 Å². The van der Waals surface area contributed by atoms with Crippen LogP contribution in [0.4, 0.5) is 0 Å². The molecule has 2 aromatic heterocycles. The van der Waals surface area contributed by atoms with Crippen LogP contribution in [0.2, 0.25) is 4.34 Å². The SMILES string of the molecule is CC1(C)CC1CNC(c1cccs1)c1ccc(Cl)s1. The van der Waals surface area contributed by atoms with Crippen LogP contribution in [0, 0.1) is 11.3 Å². The molecule has 2 unspecified atom stereocenters. The number of thiophene rings is 2. The van der Waals surface area contributed by atoms with Crippen molar-refractivity contribution in [3.63, 3.8) is 0 Å². The fraction of sp³-hybridized carbons (Fsp3) is 0.467. The third-order valence-corrected chi connectivity index (χ3v) is 6.23. The summed E-state index contributed by atoms with van der Waals surface area (Å²) in [4.78, 5) is 2.68. The van der Waals surface area contributed by atoms with Crippen molar-refractivity contribution in [1.29, 1.82) is 0 Å². The molecule has 0 saturated heterocycles. The highest BCUT2D eigenvalue weighted by atomic mass is 35.5. The van der Waals surface area contributed by atoms with E-state index in [1.165, 1.54) is 16.2 Å². The largest absolute Gasteiger partial charge is 0.305 e. The summed E-state index contributed by atoms with van der Waals surface area (Å²) < 4.78 is 0.866. The molecular formula is C15H18ClNS2. The summed E-state index contributed by atoms with van der Waals surface area (Å²) in [6.07, 6.45) is 1.34. The summed E-state index contributed by atoms with van der Waals surface area (Å²) in [6.45, 7) is 5.79. The lowest BCUT2D eigenvalue weighted by atomic mass is 10.1. The van der Waals surface area contributed by atoms with Gasteiger partial charge in [0.2, 0.25) is 0 Å². The van der Waals surface area contributed by atoms with Crippen molar-refractivity contribution in [3.8, 4) is 0 Å². The van der Waals surface area contributed by atoms with Gasteiger partial charge in [0.25, 0.3) is 0 Å². The molecule has 1 saturated carbocycles. The van der Waals surface area contributed by atoms with Gasteiger partial charge in [-0.1, -0.05) is 31.5 Å². The molecule has 4 heteroatoms. The fourth-order valence-electron chi connectivity index (χ4n) is 2.47. The van der Waals surface area contributed by atoms with Gasteiger partial charge in [0, 0.05) is 9.75 Å². The summed E-state index contributed by atoms with van der Waals surface area (Å²) in [5.41, 5.74) is 0.528. The maximum Gasteiger partial charge on any atom is 0.0931 e. The average molecular weight is 312 g/mol. The maximum absolute atomic E-state index is 6.08. The second-order valence-electron chi connectivity index (χ2n) is 5.89. The molecular weight excluding hydrogens is 294 g/mol. The summed E-state index contributed by atoms with van der Waals surface area (Å²) >= 11 is 9.56. The number of rotatable bonds is 5. The Bertz CT molecular complexity index is 544. The van der Waals surface area contributed by atoms with Gasteiger partial charge in [-0.05, 0) is 47.9 Å². The van der Waals surface area contributed by atoms with Crippen LogP contribution < -0.4 is 5.32 Å². The van der Waals surface area contributed by atoms with Crippen molar-refractivity contribution in [2.45, 2.75) is 26.3 Å². The van der Waals surface area contributed by atoms with Crippen LogP contribution >= 0.6 is 34.3 Å². The normalized spacial score (nSPS) is 22.4. The third kappa shape index (κ3) is 3.05. The molecule has 1 aliphatic carbocycles. The van der Waals surface area contributed by atoms with Crippen molar-refractivity contribution in [1.82, 2.24) is 5.32 Å². The Hall–Kier alpha value is -0.350. The topological polar surface area (TPSA) is 12.0 Å². The quantitative estimate of drug-likeness (QED) is 0.801. The highest BCUT2D eigenvalue weighted by Crippen LogP contribution is 2.51. The van der Waals surface area contributed by atoms with Crippen LogP contribution in [0.3, 0.4) is 0 Å². The van der Waals surface area contributed by atoms with Crippen molar-refractivity contribution in [2.75, 3.05) is 6.54 Å². The summed E-state index contributed by atoms with van der Waals surface area (Å²) in [5, 5.41) is 5.87. The summed E-state index contributed by atoms with van der Waals surface area (Å²) in [6, 6.07) is 8.75. The van der Waals surface area contributed by atoms with E-state index in [1.807, 2.05) is 17.4 Å². The molecule has 2 aromatic rings. The van der Waals surface area contributed by atoms with Crippen LogP contribution in [0.25, 0.3) is 0 Å².